The van der Waals surface area contributed by atoms with Crippen LogP contribution in [-0.2, 0) is 14.3 Å². The van der Waals surface area contributed by atoms with E-state index in [1.54, 1.807) is 20.8 Å². The Labute approximate surface area is 117 Å². The molecule has 6 N–H and O–H groups in total. The molecule has 0 aromatic rings. The first-order valence-electron chi connectivity index (χ1n) is 6.37. The Morgan fingerprint density at radius 1 is 1.25 bits per heavy atom. The van der Waals surface area contributed by atoms with E-state index in [0.717, 1.165) is 0 Å². The van der Waals surface area contributed by atoms with E-state index in [1.165, 1.54) is 0 Å². The molecule has 1 aliphatic heterocycles. The number of carbonyl (C=O) groups is 1. The maximum atomic E-state index is 11.8. The fourth-order valence-electron chi connectivity index (χ4n) is 1.93. The molecule has 0 bridgehead atoms. The molecule has 0 radical (unpaired) electrons. The van der Waals surface area contributed by atoms with Crippen LogP contribution in [0, 0.1) is 0 Å². The molecule has 0 saturated carbocycles. The van der Waals surface area contributed by atoms with Gasteiger partial charge in [0, 0.05) is 0 Å². The number of hydrogen-bond donors (Lipinski definition) is 5. The Bertz CT molecular complexity index is 341. The Kier molecular flexibility index (Phi) is 5.47. The third kappa shape index (κ3) is 3.87. The summed E-state index contributed by atoms with van der Waals surface area (Å²) in [5.41, 5.74) is 4.92. The molecule has 20 heavy (non-hydrogen) atoms. The quantitative estimate of drug-likeness (QED) is 0.359. The van der Waals surface area contributed by atoms with Crippen molar-refractivity contribution in [3.8, 4) is 0 Å². The third-order valence-corrected chi connectivity index (χ3v) is 2.96. The van der Waals surface area contributed by atoms with E-state index < -0.39 is 54.7 Å². The zero-order valence-corrected chi connectivity index (χ0v) is 11.8. The molecule has 1 fully saturated rings. The minimum Gasteiger partial charge on any atom is -0.459 e. The van der Waals surface area contributed by atoms with Gasteiger partial charge in [-0.15, -0.1) is 0 Å². The predicted octanol–water partition coefficient (Wildman–Crippen LogP) is -2.50. The highest BCUT2D eigenvalue weighted by atomic mass is 16.6. The Hall–Kier alpha value is -0.770. The lowest BCUT2D eigenvalue weighted by Gasteiger charge is -2.41. The standard InChI is InChI=1S/C12H23NO7/c1-12(2,3)20-11(18)6(13)10-9(17)8(16)7(15)5(4-14)19-10/h5-10,14-17H,4,13H2,1-3H3/t5-,6+,7-,8+,9-,10+/m1/s1. The lowest BCUT2D eigenvalue weighted by molar-refractivity contribution is -0.236. The molecule has 1 rings (SSSR count). The molecule has 1 heterocycles. The summed E-state index contributed by atoms with van der Waals surface area (Å²) < 4.78 is 10.3. The average Bonchev–Trinajstić information content (AvgIpc) is 2.33. The lowest BCUT2D eigenvalue weighted by atomic mass is 9.91. The summed E-state index contributed by atoms with van der Waals surface area (Å²) in [6, 6.07) is -1.35. The van der Waals surface area contributed by atoms with Gasteiger partial charge in [0.05, 0.1) is 6.61 Å². The van der Waals surface area contributed by atoms with Gasteiger partial charge < -0.3 is 35.6 Å². The fraction of sp³-hybridized carbons (Fsp3) is 0.917. The van der Waals surface area contributed by atoms with Crippen molar-refractivity contribution in [2.75, 3.05) is 6.61 Å². The van der Waals surface area contributed by atoms with Crippen LogP contribution in [0.2, 0.25) is 0 Å². The molecule has 1 saturated heterocycles. The van der Waals surface area contributed by atoms with E-state index in [1.807, 2.05) is 0 Å². The van der Waals surface area contributed by atoms with Crippen molar-refractivity contribution in [1.29, 1.82) is 0 Å². The number of nitrogens with two attached hydrogens (primary N) is 1. The fourth-order valence-corrected chi connectivity index (χ4v) is 1.93. The maximum Gasteiger partial charge on any atom is 0.326 e. The second-order valence-electron chi connectivity index (χ2n) is 5.85. The number of ether oxygens (including phenoxy) is 2. The van der Waals surface area contributed by atoms with Crippen LogP contribution in [0.15, 0.2) is 0 Å². The van der Waals surface area contributed by atoms with E-state index in [2.05, 4.69) is 0 Å². The number of hydrogen-bond acceptors (Lipinski definition) is 8. The molecule has 1 aliphatic rings. The summed E-state index contributed by atoms with van der Waals surface area (Å²) in [6.07, 6.45) is -7.00. The van der Waals surface area contributed by atoms with E-state index in [4.69, 9.17) is 20.3 Å². The third-order valence-electron chi connectivity index (χ3n) is 2.96. The van der Waals surface area contributed by atoms with Gasteiger partial charge in [0.2, 0.25) is 0 Å². The van der Waals surface area contributed by atoms with Crippen molar-refractivity contribution >= 4 is 5.97 Å². The number of aliphatic hydroxyl groups is 4. The summed E-state index contributed by atoms with van der Waals surface area (Å²) in [5.74, 6) is -0.804. The van der Waals surface area contributed by atoms with Crippen molar-refractivity contribution < 1.29 is 34.7 Å². The molecule has 0 aromatic heterocycles. The number of aliphatic hydroxyl groups excluding tert-OH is 4. The smallest absolute Gasteiger partial charge is 0.326 e. The van der Waals surface area contributed by atoms with Crippen LogP contribution in [0.1, 0.15) is 20.8 Å². The van der Waals surface area contributed by atoms with Gasteiger partial charge in [0.25, 0.3) is 0 Å². The summed E-state index contributed by atoms with van der Waals surface area (Å²) >= 11 is 0. The van der Waals surface area contributed by atoms with Gasteiger partial charge in [-0.2, -0.15) is 0 Å². The van der Waals surface area contributed by atoms with Gasteiger partial charge in [-0.1, -0.05) is 0 Å². The van der Waals surface area contributed by atoms with Crippen LogP contribution >= 0.6 is 0 Å². The highest BCUT2D eigenvalue weighted by Crippen LogP contribution is 2.23. The monoisotopic (exact) mass is 293 g/mol. The highest BCUT2D eigenvalue weighted by molar-refractivity contribution is 5.76. The average molecular weight is 293 g/mol. The van der Waals surface area contributed by atoms with E-state index >= 15 is 0 Å². The number of carbonyl (C=O) groups excluding carboxylic acids is 1. The van der Waals surface area contributed by atoms with Crippen LogP contribution in [0.25, 0.3) is 0 Å². The molecule has 6 atom stereocenters. The summed E-state index contributed by atoms with van der Waals surface area (Å²) in [5, 5.41) is 38.2. The summed E-state index contributed by atoms with van der Waals surface area (Å²) in [7, 11) is 0. The van der Waals surface area contributed by atoms with Gasteiger partial charge in [-0.05, 0) is 20.8 Å². The maximum absolute atomic E-state index is 11.8. The van der Waals surface area contributed by atoms with Crippen molar-refractivity contribution in [2.45, 2.75) is 62.9 Å². The SMILES string of the molecule is CC(C)(C)OC(=O)[C@@H](N)[C@@H]1O[C@H](CO)[C@@H](O)[C@H](O)[C@H]1O. The van der Waals surface area contributed by atoms with Crippen LogP contribution in [0.4, 0.5) is 0 Å². The predicted molar refractivity (Wildman–Crippen MR) is 67.6 cm³/mol. The second-order valence-corrected chi connectivity index (χ2v) is 5.85. The second kappa shape index (κ2) is 6.33. The van der Waals surface area contributed by atoms with Crippen LogP contribution in [0.3, 0.4) is 0 Å². The first-order valence-corrected chi connectivity index (χ1v) is 6.37. The molecule has 0 aliphatic carbocycles. The molecule has 8 nitrogen and oxygen atoms in total. The first-order chi connectivity index (χ1) is 9.08. The zero-order valence-electron chi connectivity index (χ0n) is 11.8. The van der Waals surface area contributed by atoms with Crippen molar-refractivity contribution in [1.82, 2.24) is 0 Å². The molecular formula is C12H23NO7. The Morgan fingerprint density at radius 3 is 2.25 bits per heavy atom. The highest BCUT2D eigenvalue weighted by Gasteiger charge is 2.47. The number of esters is 1. The molecule has 0 unspecified atom stereocenters. The largest absolute Gasteiger partial charge is 0.459 e. The topological polar surface area (TPSA) is 142 Å². The van der Waals surface area contributed by atoms with Gasteiger partial charge in [0.1, 0.15) is 42.2 Å². The van der Waals surface area contributed by atoms with Crippen molar-refractivity contribution in [3.05, 3.63) is 0 Å². The lowest BCUT2D eigenvalue weighted by Crippen LogP contribution is -2.64. The van der Waals surface area contributed by atoms with Gasteiger partial charge in [0.15, 0.2) is 0 Å². The van der Waals surface area contributed by atoms with Crippen LogP contribution in [-0.4, -0.2) is 75.2 Å². The van der Waals surface area contributed by atoms with E-state index in [9.17, 15) is 20.1 Å². The Morgan fingerprint density at radius 2 is 1.80 bits per heavy atom. The molecule has 118 valence electrons. The van der Waals surface area contributed by atoms with E-state index in [0.29, 0.717) is 0 Å². The molecule has 0 spiro atoms. The first kappa shape index (κ1) is 17.3. The van der Waals surface area contributed by atoms with Gasteiger partial charge in [-0.3, -0.25) is 4.79 Å². The molecule has 0 amide bonds. The summed E-state index contributed by atoms with van der Waals surface area (Å²) in [6.45, 7) is 4.39. The van der Waals surface area contributed by atoms with Crippen LogP contribution < -0.4 is 5.73 Å². The molecule has 8 heteroatoms. The van der Waals surface area contributed by atoms with Crippen molar-refractivity contribution in [3.63, 3.8) is 0 Å². The molecular weight excluding hydrogens is 270 g/mol. The van der Waals surface area contributed by atoms with Crippen LogP contribution in [0.5, 0.6) is 0 Å². The molecule has 0 aromatic carbocycles. The zero-order chi connectivity index (χ0) is 15.7. The van der Waals surface area contributed by atoms with Gasteiger partial charge >= 0.3 is 5.97 Å². The van der Waals surface area contributed by atoms with Gasteiger partial charge in [-0.25, -0.2) is 0 Å². The number of rotatable bonds is 3. The van der Waals surface area contributed by atoms with E-state index in [-0.39, 0.29) is 0 Å². The Balaban J connectivity index is 2.80. The van der Waals surface area contributed by atoms with Crippen molar-refractivity contribution in [2.24, 2.45) is 5.73 Å². The normalized spacial score (nSPS) is 36.5. The summed E-state index contributed by atoms with van der Waals surface area (Å²) in [4.78, 5) is 11.8. The minimum atomic E-state index is -1.57. The minimum absolute atomic E-state index is 0.581.